The van der Waals surface area contributed by atoms with Crippen molar-refractivity contribution in [3.63, 3.8) is 0 Å². The summed E-state index contributed by atoms with van der Waals surface area (Å²) in [4.78, 5) is 4.61. The molecule has 3 nitrogen and oxygen atoms in total. The van der Waals surface area contributed by atoms with Gasteiger partial charge in [-0.3, -0.25) is 4.99 Å². The van der Waals surface area contributed by atoms with Crippen LogP contribution in [0.2, 0.25) is 0 Å². The highest BCUT2D eigenvalue weighted by Gasteiger charge is 2.22. The number of rotatable bonds is 3. The second-order valence-electron chi connectivity index (χ2n) is 5.42. The van der Waals surface area contributed by atoms with Gasteiger partial charge in [0.15, 0.2) is 0 Å². The van der Waals surface area contributed by atoms with Gasteiger partial charge in [-0.2, -0.15) is 0 Å². The molecule has 0 amide bonds. The highest BCUT2D eigenvalue weighted by Crippen LogP contribution is 2.18. The van der Waals surface area contributed by atoms with Crippen LogP contribution >= 0.6 is 0 Å². The first-order chi connectivity index (χ1) is 8.11. The molecule has 3 heteroatoms. The van der Waals surface area contributed by atoms with Crippen molar-refractivity contribution in [2.45, 2.75) is 20.3 Å². The van der Waals surface area contributed by atoms with Gasteiger partial charge in [0, 0.05) is 24.1 Å². The Morgan fingerprint density at radius 2 is 2.00 bits per heavy atom. The molecule has 0 atom stereocenters. The van der Waals surface area contributed by atoms with Crippen LogP contribution in [0.15, 0.2) is 29.3 Å². The fourth-order valence-corrected chi connectivity index (χ4v) is 1.92. The Hall–Kier alpha value is -1.35. The standard InChI is InChI=1S/C14H21N3/c1-14(2)9-16-13(17-10-14)12-5-3-11(4-6-12)7-8-15/h3-6H,7-10,15H2,1-2H3,(H,16,17). The minimum absolute atomic E-state index is 0.267. The van der Waals surface area contributed by atoms with E-state index in [1.807, 2.05) is 0 Å². The maximum Gasteiger partial charge on any atom is 0.128 e. The van der Waals surface area contributed by atoms with Crippen LogP contribution in [-0.4, -0.2) is 25.5 Å². The molecule has 1 aromatic carbocycles. The Kier molecular flexibility index (Phi) is 3.48. The molecule has 0 saturated heterocycles. The number of nitrogens with zero attached hydrogens (tertiary/aromatic N) is 1. The highest BCUT2D eigenvalue weighted by molar-refractivity contribution is 5.99. The van der Waals surface area contributed by atoms with E-state index in [1.54, 1.807) is 0 Å². The van der Waals surface area contributed by atoms with Crippen molar-refractivity contribution in [2.24, 2.45) is 16.1 Å². The van der Waals surface area contributed by atoms with Gasteiger partial charge >= 0.3 is 0 Å². The molecule has 1 aromatic rings. The predicted octanol–water partition coefficient (Wildman–Crippen LogP) is 1.56. The molecule has 0 spiro atoms. The van der Waals surface area contributed by atoms with Crippen LogP contribution in [0.3, 0.4) is 0 Å². The normalized spacial score (nSPS) is 18.4. The summed E-state index contributed by atoms with van der Waals surface area (Å²) < 4.78 is 0. The maximum absolute atomic E-state index is 5.54. The van der Waals surface area contributed by atoms with E-state index >= 15 is 0 Å². The maximum atomic E-state index is 5.54. The number of nitrogens with one attached hydrogen (secondary N) is 1. The van der Waals surface area contributed by atoms with E-state index in [2.05, 4.69) is 48.4 Å². The van der Waals surface area contributed by atoms with Gasteiger partial charge in [0.1, 0.15) is 5.84 Å². The Morgan fingerprint density at radius 1 is 1.29 bits per heavy atom. The number of aliphatic imine (C=N–C) groups is 1. The third-order valence-corrected chi connectivity index (χ3v) is 3.06. The van der Waals surface area contributed by atoms with Gasteiger partial charge < -0.3 is 11.1 Å². The third-order valence-electron chi connectivity index (χ3n) is 3.06. The molecule has 0 bridgehead atoms. The first-order valence-corrected chi connectivity index (χ1v) is 6.18. The van der Waals surface area contributed by atoms with Gasteiger partial charge in [-0.25, -0.2) is 0 Å². The van der Waals surface area contributed by atoms with E-state index < -0.39 is 0 Å². The van der Waals surface area contributed by atoms with E-state index in [0.29, 0.717) is 6.54 Å². The average molecular weight is 231 g/mol. The van der Waals surface area contributed by atoms with E-state index in [0.717, 1.165) is 25.3 Å². The Balaban J connectivity index is 2.10. The van der Waals surface area contributed by atoms with Crippen molar-refractivity contribution in [2.75, 3.05) is 19.6 Å². The molecule has 0 aromatic heterocycles. The van der Waals surface area contributed by atoms with Crippen molar-refractivity contribution in [3.05, 3.63) is 35.4 Å². The minimum Gasteiger partial charge on any atom is -0.369 e. The van der Waals surface area contributed by atoms with Crippen molar-refractivity contribution in [3.8, 4) is 0 Å². The van der Waals surface area contributed by atoms with Crippen LogP contribution in [0.1, 0.15) is 25.0 Å². The third kappa shape index (κ3) is 3.07. The molecule has 0 radical (unpaired) electrons. The Labute approximate surface area is 103 Å². The Morgan fingerprint density at radius 3 is 2.53 bits per heavy atom. The highest BCUT2D eigenvalue weighted by atomic mass is 15.0. The fraction of sp³-hybridized carbons (Fsp3) is 0.500. The van der Waals surface area contributed by atoms with Crippen LogP contribution in [0.25, 0.3) is 0 Å². The summed E-state index contributed by atoms with van der Waals surface area (Å²) in [6, 6.07) is 8.50. The number of amidine groups is 1. The zero-order valence-electron chi connectivity index (χ0n) is 10.7. The second kappa shape index (κ2) is 4.88. The lowest BCUT2D eigenvalue weighted by Crippen LogP contribution is -2.41. The lowest BCUT2D eigenvalue weighted by Gasteiger charge is -2.29. The van der Waals surface area contributed by atoms with Crippen molar-refractivity contribution in [1.29, 1.82) is 0 Å². The van der Waals surface area contributed by atoms with Crippen LogP contribution < -0.4 is 11.1 Å². The Bertz CT molecular complexity index is 404. The van der Waals surface area contributed by atoms with Crippen LogP contribution in [0.4, 0.5) is 0 Å². The van der Waals surface area contributed by atoms with Crippen LogP contribution in [0, 0.1) is 5.41 Å². The summed E-state index contributed by atoms with van der Waals surface area (Å²) in [6.07, 6.45) is 0.938. The summed E-state index contributed by atoms with van der Waals surface area (Å²) in [5.41, 5.74) is 8.26. The molecular formula is C14H21N3. The summed E-state index contributed by atoms with van der Waals surface area (Å²) in [5.74, 6) is 1.02. The van der Waals surface area contributed by atoms with E-state index in [-0.39, 0.29) is 5.41 Å². The molecule has 3 N–H and O–H groups in total. The molecule has 0 saturated carbocycles. The van der Waals surface area contributed by atoms with E-state index in [9.17, 15) is 0 Å². The monoisotopic (exact) mass is 231 g/mol. The average Bonchev–Trinajstić information content (AvgIpc) is 2.31. The SMILES string of the molecule is CC1(C)CN=C(c2ccc(CCN)cc2)NC1. The van der Waals surface area contributed by atoms with Gasteiger partial charge in [0.2, 0.25) is 0 Å². The fourth-order valence-electron chi connectivity index (χ4n) is 1.92. The zero-order chi connectivity index (χ0) is 12.3. The molecule has 1 aliphatic heterocycles. The molecule has 0 aliphatic carbocycles. The number of hydrogen-bond donors (Lipinski definition) is 2. The first-order valence-electron chi connectivity index (χ1n) is 6.18. The van der Waals surface area contributed by atoms with Crippen LogP contribution in [0.5, 0.6) is 0 Å². The van der Waals surface area contributed by atoms with Gasteiger partial charge in [0.25, 0.3) is 0 Å². The molecule has 0 unspecified atom stereocenters. The lowest BCUT2D eigenvalue weighted by molar-refractivity contribution is 0.362. The van der Waals surface area contributed by atoms with Gasteiger partial charge in [-0.15, -0.1) is 0 Å². The second-order valence-corrected chi connectivity index (χ2v) is 5.42. The molecule has 17 heavy (non-hydrogen) atoms. The topological polar surface area (TPSA) is 50.4 Å². The molecule has 0 fully saturated rings. The van der Waals surface area contributed by atoms with Crippen molar-refractivity contribution >= 4 is 5.84 Å². The number of nitrogens with two attached hydrogens (primary N) is 1. The molecular weight excluding hydrogens is 210 g/mol. The summed E-state index contributed by atoms with van der Waals surface area (Å²) >= 11 is 0. The zero-order valence-corrected chi connectivity index (χ0v) is 10.7. The van der Waals surface area contributed by atoms with Crippen molar-refractivity contribution < 1.29 is 0 Å². The quantitative estimate of drug-likeness (QED) is 0.829. The number of hydrogen-bond acceptors (Lipinski definition) is 3. The van der Waals surface area contributed by atoms with Crippen LogP contribution in [-0.2, 0) is 6.42 Å². The molecule has 2 rings (SSSR count). The van der Waals surface area contributed by atoms with Gasteiger partial charge in [-0.1, -0.05) is 38.1 Å². The summed E-state index contributed by atoms with van der Waals surface area (Å²) in [6.45, 7) is 7.03. The van der Waals surface area contributed by atoms with E-state index in [1.165, 1.54) is 11.1 Å². The van der Waals surface area contributed by atoms with Gasteiger partial charge in [-0.05, 0) is 18.5 Å². The van der Waals surface area contributed by atoms with E-state index in [4.69, 9.17) is 5.73 Å². The summed E-state index contributed by atoms with van der Waals surface area (Å²) in [7, 11) is 0. The smallest absolute Gasteiger partial charge is 0.128 e. The van der Waals surface area contributed by atoms with Gasteiger partial charge in [0.05, 0.1) is 0 Å². The number of benzene rings is 1. The first kappa shape index (κ1) is 12.1. The molecule has 92 valence electrons. The summed E-state index contributed by atoms with van der Waals surface area (Å²) in [5, 5.41) is 3.40. The minimum atomic E-state index is 0.267. The largest absolute Gasteiger partial charge is 0.369 e. The molecule has 1 aliphatic rings. The van der Waals surface area contributed by atoms with Crippen molar-refractivity contribution in [1.82, 2.24) is 5.32 Å². The predicted molar refractivity (Wildman–Crippen MR) is 72.4 cm³/mol. The molecule has 1 heterocycles. The lowest BCUT2D eigenvalue weighted by atomic mass is 9.92.